The highest BCUT2D eigenvalue weighted by Crippen LogP contribution is 2.29. The second kappa shape index (κ2) is 7.16. The summed E-state index contributed by atoms with van der Waals surface area (Å²) < 4.78 is 0.917. The van der Waals surface area contributed by atoms with E-state index in [0.29, 0.717) is 0 Å². The lowest BCUT2D eigenvalue weighted by Gasteiger charge is -1.99. The van der Waals surface area contributed by atoms with Crippen LogP contribution in [0, 0.1) is 0 Å². The zero-order valence-corrected chi connectivity index (χ0v) is 18.0. The number of rotatable bonds is 2. The molecule has 5 heteroatoms. The molecule has 29 heavy (non-hydrogen) atoms. The van der Waals surface area contributed by atoms with Crippen molar-refractivity contribution < 1.29 is 0 Å². The third kappa shape index (κ3) is 3.15. The van der Waals surface area contributed by atoms with Crippen LogP contribution in [0.15, 0.2) is 34.8 Å². The molecule has 0 radical (unpaired) electrons. The van der Waals surface area contributed by atoms with Gasteiger partial charge in [-0.1, -0.05) is 13.8 Å². The maximum absolute atomic E-state index is 4.89. The number of hydrogen-bond acceptors (Lipinski definition) is 2. The highest BCUT2D eigenvalue weighted by Gasteiger charge is 2.13. The zero-order chi connectivity index (χ0) is 20.0. The number of nitrogens with one attached hydrogen (secondary N) is 2. The first-order chi connectivity index (χ1) is 14.2. The van der Waals surface area contributed by atoms with E-state index in [1.54, 1.807) is 0 Å². The van der Waals surface area contributed by atoms with Gasteiger partial charge in [0.1, 0.15) is 0 Å². The standard InChI is InChI=1S/C24H21BrN4/c1-3-16-18-7-5-14(26-18)13-15-6-8-19(27-15)17(4-2)21-10-12-23(29-21)24(25)22-11-9-20(16)28-22/h5-13,26-27H,3-4H2,1-2H3. The Morgan fingerprint density at radius 2 is 1.14 bits per heavy atom. The number of nitrogens with zero attached hydrogens (tertiary/aromatic N) is 2. The van der Waals surface area contributed by atoms with Gasteiger partial charge >= 0.3 is 0 Å². The minimum absolute atomic E-state index is 0.897. The van der Waals surface area contributed by atoms with Gasteiger partial charge in [0.2, 0.25) is 0 Å². The molecular weight excluding hydrogens is 424 g/mol. The van der Waals surface area contributed by atoms with Gasteiger partial charge in [-0.05, 0) is 83.4 Å². The van der Waals surface area contributed by atoms with E-state index in [2.05, 4.69) is 94.4 Å². The Labute approximate surface area is 177 Å². The Kier molecular flexibility index (Phi) is 4.47. The van der Waals surface area contributed by atoms with Crippen LogP contribution >= 0.6 is 15.9 Å². The van der Waals surface area contributed by atoms with Crippen molar-refractivity contribution in [1.29, 1.82) is 0 Å². The molecule has 0 spiro atoms. The maximum atomic E-state index is 4.89. The third-order valence-electron chi connectivity index (χ3n) is 5.43. The van der Waals surface area contributed by atoms with Crippen molar-refractivity contribution in [3.63, 3.8) is 0 Å². The van der Waals surface area contributed by atoms with Crippen LogP contribution in [0.2, 0.25) is 0 Å². The largest absolute Gasteiger partial charge is 0.355 e. The van der Waals surface area contributed by atoms with Gasteiger partial charge < -0.3 is 9.97 Å². The summed E-state index contributed by atoms with van der Waals surface area (Å²) in [5.74, 6) is 0. The highest BCUT2D eigenvalue weighted by molar-refractivity contribution is 9.10. The van der Waals surface area contributed by atoms with Gasteiger partial charge in [0.05, 0.1) is 27.2 Å². The second-order valence-electron chi connectivity index (χ2n) is 7.21. The van der Waals surface area contributed by atoms with Gasteiger partial charge in [-0.25, -0.2) is 9.97 Å². The second-order valence-corrected chi connectivity index (χ2v) is 8.00. The normalized spacial score (nSPS) is 12.7. The Morgan fingerprint density at radius 3 is 1.59 bits per heavy atom. The van der Waals surface area contributed by atoms with Crippen molar-refractivity contribution in [2.75, 3.05) is 0 Å². The van der Waals surface area contributed by atoms with E-state index in [0.717, 1.165) is 62.2 Å². The Bertz CT molecular complexity index is 1240. The lowest BCUT2D eigenvalue weighted by Crippen LogP contribution is -1.89. The SMILES string of the molecule is CCc1c2nc(c(Br)c3nc(c(CC)c4ccc(cc5ccc1[nH]5)[nH]4)C=C3)C=C2. The summed E-state index contributed by atoms with van der Waals surface area (Å²) in [5, 5.41) is 0. The van der Waals surface area contributed by atoms with Gasteiger partial charge in [-0.15, -0.1) is 0 Å². The van der Waals surface area contributed by atoms with Crippen LogP contribution in [0.3, 0.4) is 0 Å². The fraction of sp³-hybridized carbons (Fsp3) is 0.167. The van der Waals surface area contributed by atoms with Gasteiger partial charge in [-0.3, -0.25) is 0 Å². The summed E-state index contributed by atoms with van der Waals surface area (Å²) in [6, 6.07) is 10.6. The van der Waals surface area contributed by atoms with Crippen molar-refractivity contribution in [3.05, 3.63) is 68.7 Å². The molecule has 0 amide bonds. The fourth-order valence-corrected chi connectivity index (χ4v) is 4.41. The predicted octanol–water partition coefficient (Wildman–Crippen LogP) is 6.54. The first-order valence-electron chi connectivity index (χ1n) is 9.92. The maximum Gasteiger partial charge on any atom is 0.0801 e. The van der Waals surface area contributed by atoms with Gasteiger partial charge in [0, 0.05) is 33.2 Å². The van der Waals surface area contributed by atoms with E-state index in [1.807, 2.05) is 0 Å². The van der Waals surface area contributed by atoms with Crippen LogP contribution in [-0.2, 0) is 12.8 Å². The molecule has 0 unspecified atom stereocenters. The number of halogens is 1. The summed E-state index contributed by atoms with van der Waals surface area (Å²) >= 11 is 3.73. The highest BCUT2D eigenvalue weighted by atomic mass is 79.9. The van der Waals surface area contributed by atoms with E-state index < -0.39 is 0 Å². The molecule has 4 nitrogen and oxygen atoms in total. The summed E-state index contributed by atoms with van der Waals surface area (Å²) in [6.07, 6.45) is 10.1. The quantitative estimate of drug-likeness (QED) is 0.324. The van der Waals surface area contributed by atoms with Crippen LogP contribution in [0.5, 0.6) is 0 Å². The van der Waals surface area contributed by atoms with Gasteiger partial charge in [0.15, 0.2) is 0 Å². The molecule has 5 rings (SSSR count). The molecule has 3 aromatic rings. The molecule has 0 fully saturated rings. The van der Waals surface area contributed by atoms with Gasteiger partial charge in [-0.2, -0.15) is 0 Å². The molecule has 0 aromatic carbocycles. The summed E-state index contributed by atoms with van der Waals surface area (Å²) in [6.45, 7) is 4.32. The number of H-pyrrole nitrogens is 2. The Balaban J connectivity index is 1.94. The molecule has 0 aliphatic carbocycles. The molecule has 0 saturated heterocycles. The topological polar surface area (TPSA) is 57.4 Å². The minimum atomic E-state index is 0.897. The van der Waals surface area contributed by atoms with E-state index in [9.17, 15) is 0 Å². The van der Waals surface area contributed by atoms with E-state index >= 15 is 0 Å². The summed E-state index contributed by atoms with van der Waals surface area (Å²) in [7, 11) is 0. The van der Waals surface area contributed by atoms with Crippen LogP contribution < -0.4 is 0 Å². The van der Waals surface area contributed by atoms with Crippen LogP contribution in [0.25, 0.3) is 46.4 Å². The summed E-state index contributed by atoms with van der Waals surface area (Å²) in [5.41, 5.74) is 10.5. The number of fused-ring (bicyclic) bond motifs is 8. The van der Waals surface area contributed by atoms with Crippen molar-refractivity contribution in [2.45, 2.75) is 26.7 Å². The molecule has 5 heterocycles. The van der Waals surface area contributed by atoms with E-state index in [-0.39, 0.29) is 0 Å². The molecule has 8 bridgehead atoms. The monoisotopic (exact) mass is 444 g/mol. The third-order valence-corrected chi connectivity index (χ3v) is 6.25. The van der Waals surface area contributed by atoms with E-state index in [1.165, 1.54) is 11.1 Å². The van der Waals surface area contributed by atoms with Crippen LogP contribution in [-0.4, -0.2) is 19.9 Å². The zero-order valence-electron chi connectivity index (χ0n) is 16.4. The predicted molar refractivity (Wildman–Crippen MR) is 125 cm³/mol. The molecular formula is C24H21BrN4. The van der Waals surface area contributed by atoms with Crippen LogP contribution in [0.1, 0.15) is 47.8 Å². The molecule has 3 aromatic heterocycles. The van der Waals surface area contributed by atoms with E-state index in [4.69, 9.17) is 9.97 Å². The molecule has 0 atom stereocenters. The summed E-state index contributed by atoms with van der Waals surface area (Å²) in [4.78, 5) is 16.9. The molecule has 144 valence electrons. The first kappa shape index (κ1) is 18.1. The number of aryl methyl sites for hydroxylation is 2. The van der Waals surface area contributed by atoms with Crippen molar-refractivity contribution >= 4 is 62.3 Å². The molecule has 2 aliphatic rings. The number of aromatic amines is 2. The lowest BCUT2D eigenvalue weighted by atomic mass is 10.1. The van der Waals surface area contributed by atoms with Crippen LogP contribution in [0.4, 0.5) is 0 Å². The number of hydrogen-bond donors (Lipinski definition) is 2. The molecule has 2 N–H and O–H groups in total. The molecule has 0 saturated carbocycles. The lowest BCUT2D eigenvalue weighted by molar-refractivity contribution is 1.10. The number of aromatic nitrogens is 4. The minimum Gasteiger partial charge on any atom is -0.355 e. The smallest absolute Gasteiger partial charge is 0.0801 e. The Morgan fingerprint density at radius 1 is 0.690 bits per heavy atom. The van der Waals surface area contributed by atoms with Crippen molar-refractivity contribution in [1.82, 2.24) is 19.9 Å². The van der Waals surface area contributed by atoms with Crippen molar-refractivity contribution in [3.8, 4) is 0 Å². The molecule has 2 aliphatic heterocycles. The average Bonchev–Trinajstić information content (AvgIpc) is 3.50. The first-order valence-corrected chi connectivity index (χ1v) is 10.7. The Hall–Kier alpha value is -2.92. The average molecular weight is 445 g/mol. The fourth-order valence-electron chi connectivity index (χ4n) is 3.97. The van der Waals surface area contributed by atoms with Gasteiger partial charge in [0.25, 0.3) is 0 Å². The van der Waals surface area contributed by atoms with Crippen molar-refractivity contribution in [2.24, 2.45) is 0 Å².